The first-order valence-electron chi connectivity index (χ1n) is 5.69. The zero-order valence-electron chi connectivity index (χ0n) is 10.1. The number of aromatic nitrogens is 4. The zero-order chi connectivity index (χ0) is 14.1. The SMILES string of the molecule is O=c1c(Cl)c(-n2ccnc2)cnn1-c1ccccc1Cl. The maximum atomic E-state index is 12.3. The van der Waals surface area contributed by atoms with Gasteiger partial charge in [-0.2, -0.15) is 9.78 Å². The molecule has 0 saturated carbocycles. The number of imidazole rings is 1. The molecule has 3 rings (SSSR count). The quantitative estimate of drug-likeness (QED) is 0.731. The van der Waals surface area contributed by atoms with Crippen molar-refractivity contribution in [1.29, 1.82) is 0 Å². The summed E-state index contributed by atoms with van der Waals surface area (Å²) in [5.74, 6) is 0. The third-order valence-corrected chi connectivity index (χ3v) is 3.44. The Labute approximate surface area is 124 Å². The molecule has 1 aromatic carbocycles. The zero-order valence-corrected chi connectivity index (χ0v) is 11.6. The molecule has 0 spiro atoms. The standard InChI is InChI=1S/C13H8Cl2N4O/c14-9-3-1-2-4-10(9)19-13(20)12(15)11(7-17-19)18-6-5-16-8-18/h1-8H. The van der Waals surface area contributed by atoms with Gasteiger partial charge in [-0.05, 0) is 12.1 Å². The molecule has 3 aromatic rings. The van der Waals surface area contributed by atoms with Crippen LogP contribution in [0.5, 0.6) is 0 Å². The van der Waals surface area contributed by atoms with Crippen LogP contribution in [0.4, 0.5) is 0 Å². The molecule has 2 aromatic heterocycles. The van der Waals surface area contributed by atoms with Gasteiger partial charge in [-0.15, -0.1) is 0 Å². The van der Waals surface area contributed by atoms with Crippen LogP contribution in [0.25, 0.3) is 11.4 Å². The summed E-state index contributed by atoms with van der Waals surface area (Å²) in [7, 11) is 0. The molecular formula is C13H8Cl2N4O. The van der Waals surface area contributed by atoms with Gasteiger partial charge >= 0.3 is 0 Å². The van der Waals surface area contributed by atoms with Gasteiger partial charge in [0.1, 0.15) is 5.02 Å². The highest BCUT2D eigenvalue weighted by Crippen LogP contribution is 2.20. The fourth-order valence-electron chi connectivity index (χ4n) is 1.80. The van der Waals surface area contributed by atoms with Crippen molar-refractivity contribution in [3.8, 4) is 11.4 Å². The van der Waals surface area contributed by atoms with E-state index in [2.05, 4.69) is 10.1 Å². The van der Waals surface area contributed by atoms with Crippen LogP contribution < -0.4 is 5.56 Å². The lowest BCUT2D eigenvalue weighted by Gasteiger charge is -2.09. The van der Waals surface area contributed by atoms with E-state index < -0.39 is 5.56 Å². The first kappa shape index (κ1) is 12.9. The van der Waals surface area contributed by atoms with Crippen LogP contribution in [0, 0.1) is 0 Å². The van der Waals surface area contributed by atoms with Crippen molar-refractivity contribution in [3.63, 3.8) is 0 Å². The van der Waals surface area contributed by atoms with E-state index in [1.807, 2.05) is 0 Å². The molecule has 0 aliphatic heterocycles. The normalized spacial score (nSPS) is 10.7. The Hall–Kier alpha value is -2.11. The van der Waals surface area contributed by atoms with Gasteiger partial charge < -0.3 is 4.57 Å². The molecule has 0 aliphatic rings. The fraction of sp³-hybridized carbons (Fsp3) is 0. The number of hydrogen-bond acceptors (Lipinski definition) is 3. The van der Waals surface area contributed by atoms with Gasteiger partial charge in [-0.25, -0.2) is 4.98 Å². The fourth-order valence-corrected chi connectivity index (χ4v) is 2.24. The molecule has 0 saturated heterocycles. The van der Waals surface area contributed by atoms with Crippen molar-refractivity contribution in [1.82, 2.24) is 19.3 Å². The molecule has 5 nitrogen and oxygen atoms in total. The third kappa shape index (κ3) is 2.11. The molecule has 0 bridgehead atoms. The van der Waals surface area contributed by atoms with E-state index >= 15 is 0 Å². The van der Waals surface area contributed by atoms with E-state index in [1.54, 1.807) is 47.6 Å². The van der Waals surface area contributed by atoms with Crippen LogP contribution in [0.3, 0.4) is 0 Å². The Kier molecular flexibility index (Phi) is 3.30. The number of para-hydroxylation sites is 1. The molecule has 0 fully saturated rings. The monoisotopic (exact) mass is 306 g/mol. The molecular weight excluding hydrogens is 299 g/mol. The predicted molar refractivity (Wildman–Crippen MR) is 77.0 cm³/mol. The van der Waals surface area contributed by atoms with Crippen molar-refractivity contribution in [2.45, 2.75) is 0 Å². The van der Waals surface area contributed by atoms with Crippen LogP contribution in [0.15, 0.2) is 54.0 Å². The third-order valence-electron chi connectivity index (χ3n) is 2.76. The van der Waals surface area contributed by atoms with E-state index in [1.165, 1.54) is 10.9 Å². The summed E-state index contributed by atoms with van der Waals surface area (Å²) in [5.41, 5.74) is 0.515. The average Bonchev–Trinajstić information content (AvgIpc) is 2.97. The molecule has 0 radical (unpaired) electrons. The lowest BCUT2D eigenvalue weighted by atomic mass is 10.3. The lowest BCUT2D eigenvalue weighted by Crippen LogP contribution is -2.23. The molecule has 0 unspecified atom stereocenters. The molecule has 100 valence electrons. The highest BCUT2D eigenvalue weighted by molar-refractivity contribution is 6.33. The summed E-state index contributed by atoms with van der Waals surface area (Å²) in [4.78, 5) is 16.2. The van der Waals surface area contributed by atoms with Crippen LogP contribution >= 0.6 is 23.2 Å². The maximum Gasteiger partial charge on any atom is 0.292 e. The van der Waals surface area contributed by atoms with Crippen molar-refractivity contribution in [3.05, 3.63) is 69.6 Å². The number of hydrogen-bond donors (Lipinski definition) is 0. The highest BCUT2D eigenvalue weighted by atomic mass is 35.5. The van der Waals surface area contributed by atoms with E-state index in [9.17, 15) is 4.79 Å². The Morgan fingerprint density at radius 2 is 1.90 bits per heavy atom. The van der Waals surface area contributed by atoms with Gasteiger partial charge in [0, 0.05) is 12.4 Å². The first-order valence-corrected chi connectivity index (χ1v) is 6.45. The summed E-state index contributed by atoms with van der Waals surface area (Å²) in [6.07, 6.45) is 6.31. The number of nitrogens with zero attached hydrogens (tertiary/aromatic N) is 4. The van der Waals surface area contributed by atoms with Crippen LogP contribution in [0.2, 0.25) is 10.0 Å². The second-order valence-electron chi connectivity index (χ2n) is 3.98. The molecule has 2 heterocycles. The van der Waals surface area contributed by atoms with Crippen molar-refractivity contribution < 1.29 is 0 Å². The Morgan fingerprint density at radius 1 is 1.10 bits per heavy atom. The Bertz CT molecular complexity index is 811. The molecule has 0 N–H and O–H groups in total. The molecule has 7 heteroatoms. The minimum absolute atomic E-state index is 0.0536. The maximum absolute atomic E-state index is 12.3. The lowest BCUT2D eigenvalue weighted by molar-refractivity contribution is 0.796. The first-order chi connectivity index (χ1) is 9.68. The summed E-state index contributed by atoms with van der Waals surface area (Å²) >= 11 is 12.2. The molecule has 0 amide bonds. The van der Waals surface area contributed by atoms with Crippen LogP contribution in [-0.4, -0.2) is 19.3 Å². The van der Waals surface area contributed by atoms with Gasteiger partial charge in [-0.1, -0.05) is 35.3 Å². The molecule has 0 aliphatic carbocycles. The second-order valence-corrected chi connectivity index (χ2v) is 4.77. The van der Waals surface area contributed by atoms with Crippen molar-refractivity contribution in [2.24, 2.45) is 0 Å². The largest absolute Gasteiger partial charge is 0.303 e. The van der Waals surface area contributed by atoms with Gasteiger partial charge in [0.2, 0.25) is 0 Å². The van der Waals surface area contributed by atoms with Crippen molar-refractivity contribution in [2.75, 3.05) is 0 Å². The Balaban J connectivity index is 2.20. The van der Waals surface area contributed by atoms with E-state index in [4.69, 9.17) is 23.2 Å². The summed E-state index contributed by atoms with van der Waals surface area (Å²) in [6.45, 7) is 0. The highest BCUT2D eigenvalue weighted by Gasteiger charge is 2.13. The van der Waals surface area contributed by atoms with Crippen LogP contribution in [-0.2, 0) is 0 Å². The second kappa shape index (κ2) is 5.11. The van der Waals surface area contributed by atoms with E-state index in [0.29, 0.717) is 16.4 Å². The summed E-state index contributed by atoms with van der Waals surface area (Å²) in [6, 6.07) is 6.93. The van der Waals surface area contributed by atoms with Crippen LogP contribution in [0.1, 0.15) is 0 Å². The summed E-state index contributed by atoms with van der Waals surface area (Å²) in [5, 5.41) is 4.59. The molecule has 20 heavy (non-hydrogen) atoms. The minimum Gasteiger partial charge on any atom is -0.303 e. The van der Waals surface area contributed by atoms with Gasteiger partial charge in [0.05, 0.1) is 28.9 Å². The topological polar surface area (TPSA) is 52.7 Å². The smallest absolute Gasteiger partial charge is 0.292 e. The van der Waals surface area contributed by atoms with Gasteiger partial charge in [0.25, 0.3) is 5.56 Å². The number of rotatable bonds is 2. The molecule has 0 atom stereocenters. The van der Waals surface area contributed by atoms with E-state index in [-0.39, 0.29) is 5.02 Å². The minimum atomic E-state index is -0.439. The van der Waals surface area contributed by atoms with Crippen molar-refractivity contribution >= 4 is 23.2 Å². The number of halogens is 2. The average molecular weight is 307 g/mol. The Morgan fingerprint density at radius 3 is 2.60 bits per heavy atom. The van der Waals surface area contributed by atoms with E-state index in [0.717, 1.165) is 0 Å². The number of benzene rings is 1. The predicted octanol–water partition coefficient (Wildman–Crippen LogP) is 2.73. The van der Waals surface area contributed by atoms with Gasteiger partial charge in [-0.3, -0.25) is 4.79 Å². The summed E-state index contributed by atoms with van der Waals surface area (Å²) < 4.78 is 2.79. The van der Waals surface area contributed by atoms with Gasteiger partial charge in [0.15, 0.2) is 0 Å².